The van der Waals surface area contributed by atoms with Crippen LogP contribution in [0.15, 0.2) is 35.5 Å². The summed E-state index contributed by atoms with van der Waals surface area (Å²) in [5.41, 5.74) is 1.30. The topological polar surface area (TPSA) is 87.5 Å². The van der Waals surface area contributed by atoms with Gasteiger partial charge in [0.2, 0.25) is 11.7 Å². The zero-order valence-electron chi connectivity index (χ0n) is 17.2. The van der Waals surface area contributed by atoms with Crippen molar-refractivity contribution >= 4 is 46.6 Å². The highest BCUT2D eigenvalue weighted by Gasteiger charge is 2.19. The van der Waals surface area contributed by atoms with E-state index < -0.39 is 0 Å². The molecule has 0 aliphatic carbocycles. The lowest BCUT2D eigenvalue weighted by Crippen LogP contribution is -2.14. The maximum Gasteiger partial charge on any atom is 0.234 e. The number of nitrogens with one attached hydrogen (secondary N) is 1. The maximum atomic E-state index is 12.3. The Kier molecular flexibility index (Phi) is 7.53. The first kappa shape index (κ1) is 23.1. The standard InChI is InChI=1S/C20H20Cl2N4O4S/c1-26-19(11-7-15(28-2)18(30-4)16(8-11)29-3)24-25-20(26)31-10-17(27)23-12-5-6-13(21)14(22)9-12/h5-9H,10H2,1-4H3,(H,23,27). The zero-order chi connectivity index (χ0) is 22.5. The molecule has 0 aliphatic heterocycles. The molecule has 0 unspecified atom stereocenters. The Labute approximate surface area is 193 Å². The minimum Gasteiger partial charge on any atom is -0.493 e. The molecule has 2 aromatic carbocycles. The van der Waals surface area contributed by atoms with Gasteiger partial charge in [0.1, 0.15) is 0 Å². The summed E-state index contributed by atoms with van der Waals surface area (Å²) < 4.78 is 17.9. The Morgan fingerprint density at radius 3 is 2.29 bits per heavy atom. The van der Waals surface area contributed by atoms with Gasteiger partial charge >= 0.3 is 0 Å². The number of carbonyl (C=O) groups is 1. The van der Waals surface area contributed by atoms with E-state index in [1.165, 1.54) is 11.8 Å². The van der Waals surface area contributed by atoms with Crippen LogP contribution in [0, 0.1) is 0 Å². The molecule has 3 rings (SSSR count). The van der Waals surface area contributed by atoms with Crippen molar-refractivity contribution in [3.63, 3.8) is 0 Å². The van der Waals surface area contributed by atoms with Crippen LogP contribution in [0.4, 0.5) is 5.69 Å². The van der Waals surface area contributed by atoms with E-state index >= 15 is 0 Å². The van der Waals surface area contributed by atoms with E-state index in [0.29, 0.717) is 44.0 Å². The predicted octanol–water partition coefficient (Wildman–Crippen LogP) is 4.55. The van der Waals surface area contributed by atoms with Crippen LogP contribution in [0.25, 0.3) is 11.4 Å². The number of aromatic nitrogens is 3. The Hall–Kier alpha value is -2.62. The Morgan fingerprint density at radius 2 is 1.71 bits per heavy atom. The van der Waals surface area contributed by atoms with Crippen LogP contribution < -0.4 is 19.5 Å². The van der Waals surface area contributed by atoms with E-state index in [2.05, 4.69) is 15.5 Å². The number of nitrogens with zero attached hydrogens (tertiary/aromatic N) is 3. The number of carbonyl (C=O) groups excluding carboxylic acids is 1. The second-order valence-corrected chi connectivity index (χ2v) is 8.00. The number of methoxy groups -OCH3 is 3. The zero-order valence-corrected chi connectivity index (χ0v) is 19.6. The first-order valence-electron chi connectivity index (χ1n) is 8.95. The molecule has 0 spiro atoms. The molecular weight excluding hydrogens is 463 g/mol. The summed E-state index contributed by atoms with van der Waals surface area (Å²) in [6, 6.07) is 8.48. The van der Waals surface area contributed by atoms with E-state index in [4.69, 9.17) is 37.4 Å². The van der Waals surface area contributed by atoms with Gasteiger partial charge in [0.25, 0.3) is 0 Å². The van der Waals surface area contributed by atoms with Gasteiger partial charge in [0.05, 0.1) is 37.1 Å². The lowest BCUT2D eigenvalue weighted by atomic mass is 10.1. The third kappa shape index (κ3) is 5.17. The van der Waals surface area contributed by atoms with Crippen molar-refractivity contribution in [3.05, 3.63) is 40.4 Å². The van der Waals surface area contributed by atoms with E-state index in [9.17, 15) is 4.79 Å². The van der Waals surface area contributed by atoms with Gasteiger partial charge in [-0.25, -0.2) is 0 Å². The van der Waals surface area contributed by atoms with Crippen molar-refractivity contribution in [2.75, 3.05) is 32.4 Å². The lowest BCUT2D eigenvalue weighted by Gasteiger charge is -2.14. The summed E-state index contributed by atoms with van der Waals surface area (Å²) >= 11 is 13.1. The van der Waals surface area contributed by atoms with Crippen molar-refractivity contribution in [1.29, 1.82) is 0 Å². The van der Waals surface area contributed by atoms with Gasteiger partial charge in [-0.05, 0) is 30.3 Å². The molecule has 164 valence electrons. The molecule has 3 aromatic rings. The van der Waals surface area contributed by atoms with Crippen LogP contribution in [-0.4, -0.2) is 47.8 Å². The molecule has 0 fully saturated rings. The first-order valence-corrected chi connectivity index (χ1v) is 10.7. The second kappa shape index (κ2) is 10.1. The summed E-state index contributed by atoms with van der Waals surface area (Å²) in [4.78, 5) is 12.3. The van der Waals surface area contributed by atoms with Gasteiger partial charge in [-0.15, -0.1) is 10.2 Å². The Balaban J connectivity index is 1.74. The number of ether oxygens (including phenoxy) is 3. The molecule has 0 saturated carbocycles. The number of thioether (sulfide) groups is 1. The van der Waals surface area contributed by atoms with Crippen LogP contribution in [-0.2, 0) is 11.8 Å². The molecule has 1 amide bonds. The average Bonchev–Trinajstić information content (AvgIpc) is 3.14. The van der Waals surface area contributed by atoms with Crippen LogP contribution in [0.2, 0.25) is 10.0 Å². The maximum absolute atomic E-state index is 12.3. The fraction of sp³-hybridized carbons (Fsp3) is 0.250. The number of halogens is 2. The summed E-state index contributed by atoms with van der Waals surface area (Å²) in [6.07, 6.45) is 0. The van der Waals surface area contributed by atoms with Gasteiger partial charge in [-0.3, -0.25) is 4.79 Å². The molecule has 0 bridgehead atoms. The van der Waals surface area contributed by atoms with E-state index in [-0.39, 0.29) is 11.7 Å². The van der Waals surface area contributed by atoms with E-state index in [0.717, 1.165) is 5.56 Å². The van der Waals surface area contributed by atoms with Gasteiger partial charge in [0, 0.05) is 18.3 Å². The normalized spacial score (nSPS) is 10.6. The first-order chi connectivity index (χ1) is 14.9. The number of benzene rings is 2. The summed E-state index contributed by atoms with van der Waals surface area (Å²) in [7, 11) is 6.45. The highest BCUT2D eigenvalue weighted by atomic mass is 35.5. The summed E-state index contributed by atoms with van der Waals surface area (Å²) in [5, 5.41) is 12.6. The average molecular weight is 483 g/mol. The molecule has 0 atom stereocenters. The largest absolute Gasteiger partial charge is 0.493 e. The number of hydrogen-bond acceptors (Lipinski definition) is 7. The van der Waals surface area contributed by atoms with E-state index in [1.807, 2.05) is 7.05 Å². The summed E-state index contributed by atoms with van der Waals surface area (Å²) in [6.45, 7) is 0. The van der Waals surface area contributed by atoms with Gasteiger partial charge in [-0.1, -0.05) is 35.0 Å². The molecule has 8 nitrogen and oxygen atoms in total. The fourth-order valence-electron chi connectivity index (χ4n) is 2.80. The van der Waals surface area contributed by atoms with Crippen molar-refractivity contribution in [1.82, 2.24) is 14.8 Å². The lowest BCUT2D eigenvalue weighted by molar-refractivity contribution is -0.113. The van der Waals surface area contributed by atoms with Crippen LogP contribution in [0.5, 0.6) is 17.2 Å². The van der Waals surface area contributed by atoms with Crippen molar-refractivity contribution in [2.24, 2.45) is 7.05 Å². The number of rotatable bonds is 8. The molecule has 31 heavy (non-hydrogen) atoms. The Morgan fingerprint density at radius 1 is 1.03 bits per heavy atom. The smallest absolute Gasteiger partial charge is 0.234 e. The number of anilines is 1. The summed E-state index contributed by atoms with van der Waals surface area (Å²) in [5.74, 6) is 2.03. The fourth-order valence-corrected chi connectivity index (χ4v) is 3.81. The van der Waals surface area contributed by atoms with Crippen LogP contribution in [0.3, 0.4) is 0 Å². The highest BCUT2D eigenvalue weighted by Crippen LogP contribution is 2.41. The van der Waals surface area contributed by atoms with Gasteiger partial charge in [-0.2, -0.15) is 0 Å². The SMILES string of the molecule is COc1cc(-c2nnc(SCC(=O)Nc3ccc(Cl)c(Cl)c3)n2C)cc(OC)c1OC. The van der Waals surface area contributed by atoms with Crippen LogP contribution >= 0.6 is 35.0 Å². The third-order valence-corrected chi connectivity index (χ3v) is 6.05. The Bertz CT molecular complexity index is 1080. The van der Waals surface area contributed by atoms with Crippen molar-refractivity contribution in [2.45, 2.75) is 5.16 Å². The predicted molar refractivity (Wildman–Crippen MR) is 122 cm³/mol. The molecule has 0 aliphatic rings. The molecule has 1 N–H and O–H groups in total. The molecule has 1 aromatic heterocycles. The monoisotopic (exact) mass is 482 g/mol. The molecule has 0 radical (unpaired) electrons. The minimum atomic E-state index is -0.208. The number of amides is 1. The van der Waals surface area contributed by atoms with Crippen LogP contribution in [0.1, 0.15) is 0 Å². The quantitative estimate of drug-likeness (QED) is 0.471. The second-order valence-electron chi connectivity index (χ2n) is 6.24. The molecule has 1 heterocycles. The van der Waals surface area contributed by atoms with Gasteiger partial charge < -0.3 is 24.1 Å². The van der Waals surface area contributed by atoms with E-state index in [1.54, 1.807) is 56.2 Å². The third-order valence-electron chi connectivity index (χ3n) is 4.29. The van der Waals surface area contributed by atoms with Crippen molar-refractivity contribution in [3.8, 4) is 28.6 Å². The van der Waals surface area contributed by atoms with Gasteiger partial charge in [0.15, 0.2) is 22.5 Å². The highest BCUT2D eigenvalue weighted by molar-refractivity contribution is 7.99. The molecular formula is C20H20Cl2N4O4S. The molecule has 0 saturated heterocycles. The van der Waals surface area contributed by atoms with Crippen molar-refractivity contribution < 1.29 is 19.0 Å². The minimum absolute atomic E-state index is 0.140. The number of hydrogen-bond donors (Lipinski definition) is 1. The molecule has 11 heteroatoms.